The maximum atomic E-state index is 12.1. The fourth-order valence-corrected chi connectivity index (χ4v) is 1.70. The normalized spacial score (nSPS) is 16.6. The van der Waals surface area contributed by atoms with E-state index < -0.39 is 12.6 Å². The molecule has 0 radical (unpaired) electrons. The van der Waals surface area contributed by atoms with Crippen LogP contribution in [0.5, 0.6) is 0 Å². The topological polar surface area (TPSA) is 3.24 Å². The first-order chi connectivity index (χ1) is 9.81. The Labute approximate surface area is 124 Å². The molecule has 114 valence electrons. The van der Waals surface area contributed by atoms with Crippen LogP contribution in [0.25, 0.3) is 0 Å². The van der Waals surface area contributed by atoms with Crippen LogP contribution in [0.15, 0.2) is 65.1 Å². The summed E-state index contributed by atoms with van der Waals surface area (Å²) in [4.78, 5) is 2.00. The second kappa shape index (κ2) is 7.75. The van der Waals surface area contributed by atoms with Gasteiger partial charge in [-0.25, -0.2) is 0 Å². The zero-order valence-electron chi connectivity index (χ0n) is 12.5. The van der Waals surface area contributed by atoms with Gasteiger partial charge < -0.3 is 4.90 Å². The van der Waals surface area contributed by atoms with Crippen LogP contribution in [-0.4, -0.2) is 25.2 Å². The fraction of sp³-hybridized carbons (Fsp3) is 0.353. The summed E-state index contributed by atoms with van der Waals surface area (Å²) in [6.45, 7) is 1.80. The van der Waals surface area contributed by atoms with Crippen LogP contribution in [0.3, 0.4) is 0 Å². The quantitative estimate of drug-likeness (QED) is 0.513. The molecule has 0 spiro atoms. The average Bonchev–Trinajstić information content (AvgIpc) is 2.41. The van der Waals surface area contributed by atoms with E-state index in [4.69, 9.17) is 0 Å². The second-order valence-electron chi connectivity index (χ2n) is 4.89. The van der Waals surface area contributed by atoms with Gasteiger partial charge in [-0.3, -0.25) is 0 Å². The Morgan fingerprint density at radius 1 is 1.33 bits per heavy atom. The Morgan fingerprint density at radius 3 is 2.52 bits per heavy atom. The lowest BCUT2D eigenvalue weighted by atomic mass is 10.1. The lowest BCUT2D eigenvalue weighted by molar-refractivity contribution is -0.125. The molecule has 0 unspecified atom stereocenters. The van der Waals surface area contributed by atoms with Gasteiger partial charge in [0.15, 0.2) is 0 Å². The third-order valence-electron chi connectivity index (χ3n) is 2.92. The molecule has 1 aliphatic rings. The van der Waals surface area contributed by atoms with E-state index in [1.165, 1.54) is 6.08 Å². The molecule has 1 nitrogen and oxygen atoms in total. The standard InChI is InChI=1S/C17H20F3N/c1-4-14(6-5-13-17(18,19)20)7-8-15-9-11-16(12-10-15)21(2)3/h4-8,11-12H,9,13H2,1-3H3/b6-5-,8-7-,14-4+. The van der Waals surface area contributed by atoms with Crippen molar-refractivity contribution in [3.8, 4) is 0 Å². The molecule has 0 saturated heterocycles. The van der Waals surface area contributed by atoms with E-state index in [2.05, 4.69) is 11.8 Å². The molecule has 0 heterocycles. The van der Waals surface area contributed by atoms with Gasteiger partial charge in [-0.1, -0.05) is 36.5 Å². The molecular formula is C17H20F3N. The molecule has 4 heteroatoms. The number of hydrogen-bond donors (Lipinski definition) is 0. The van der Waals surface area contributed by atoms with Crippen molar-refractivity contribution in [2.24, 2.45) is 0 Å². The maximum absolute atomic E-state index is 12.1. The maximum Gasteiger partial charge on any atom is 0.392 e. The molecule has 0 aromatic carbocycles. The van der Waals surface area contributed by atoms with E-state index >= 15 is 0 Å². The highest BCUT2D eigenvalue weighted by molar-refractivity contribution is 5.38. The van der Waals surface area contributed by atoms with Crippen LogP contribution in [0.2, 0.25) is 0 Å². The first-order valence-electron chi connectivity index (χ1n) is 6.72. The minimum atomic E-state index is -4.15. The van der Waals surface area contributed by atoms with Crippen molar-refractivity contribution in [2.75, 3.05) is 14.1 Å². The minimum Gasteiger partial charge on any atom is -0.377 e. The SMILES string of the molecule is C/C=C(\C=C/CC(F)(F)F)/C=C\C1=C=CC(N(C)C)=CC1. The predicted molar refractivity (Wildman–Crippen MR) is 80.7 cm³/mol. The first kappa shape index (κ1) is 17.1. The summed E-state index contributed by atoms with van der Waals surface area (Å²) >= 11 is 0. The Hall–Kier alpha value is -1.93. The molecule has 0 N–H and O–H groups in total. The Balaban J connectivity index is 2.66. The van der Waals surface area contributed by atoms with Crippen LogP contribution in [0.4, 0.5) is 13.2 Å². The van der Waals surface area contributed by atoms with E-state index in [1.54, 1.807) is 19.1 Å². The highest BCUT2D eigenvalue weighted by Gasteiger charge is 2.24. The number of rotatable bonds is 5. The first-order valence-corrected chi connectivity index (χ1v) is 6.72. The van der Waals surface area contributed by atoms with E-state index in [0.717, 1.165) is 29.3 Å². The van der Waals surface area contributed by atoms with Gasteiger partial charge in [-0.05, 0) is 24.5 Å². The molecule has 0 bridgehead atoms. The average molecular weight is 295 g/mol. The monoisotopic (exact) mass is 295 g/mol. The van der Waals surface area contributed by atoms with Crippen LogP contribution < -0.4 is 0 Å². The highest BCUT2D eigenvalue weighted by atomic mass is 19.4. The molecule has 0 aromatic rings. The zero-order valence-corrected chi connectivity index (χ0v) is 12.5. The number of likely N-dealkylation sites (N-methyl/N-ethyl adjacent to an activating group) is 1. The third kappa shape index (κ3) is 6.87. The Bertz CT molecular complexity index is 537. The van der Waals surface area contributed by atoms with Crippen molar-refractivity contribution in [3.05, 3.63) is 65.1 Å². The van der Waals surface area contributed by atoms with E-state index in [-0.39, 0.29) is 0 Å². The summed E-state index contributed by atoms with van der Waals surface area (Å²) in [6, 6.07) is 0. The number of hydrogen-bond acceptors (Lipinski definition) is 1. The van der Waals surface area contributed by atoms with Crippen molar-refractivity contribution in [1.82, 2.24) is 4.90 Å². The summed E-state index contributed by atoms with van der Waals surface area (Å²) in [5, 5.41) is 0. The lowest BCUT2D eigenvalue weighted by Gasteiger charge is -2.15. The van der Waals surface area contributed by atoms with E-state index in [1.807, 2.05) is 31.1 Å². The molecule has 0 amide bonds. The molecule has 21 heavy (non-hydrogen) atoms. The van der Waals surface area contributed by atoms with Crippen LogP contribution in [0.1, 0.15) is 19.8 Å². The zero-order chi connectivity index (χ0) is 15.9. The van der Waals surface area contributed by atoms with Gasteiger partial charge in [-0.15, -0.1) is 5.73 Å². The molecule has 0 aromatic heterocycles. The van der Waals surface area contributed by atoms with Gasteiger partial charge in [0.2, 0.25) is 0 Å². The summed E-state index contributed by atoms with van der Waals surface area (Å²) in [7, 11) is 3.93. The second-order valence-corrected chi connectivity index (χ2v) is 4.89. The van der Waals surface area contributed by atoms with Crippen molar-refractivity contribution in [1.29, 1.82) is 0 Å². The number of halogens is 3. The van der Waals surface area contributed by atoms with Crippen LogP contribution in [-0.2, 0) is 0 Å². The summed E-state index contributed by atoms with van der Waals surface area (Å²) in [5.41, 5.74) is 6.02. The summed E-state index contributed by atoms with van der Waals surface area (Å²) in [5.74, 6) is 0. The Morgan fingerprint density at radius 2 is 2.05 bits per heavy atom. The number of nitrogens with zero attached hydrogens (tertiary/aromatic N) is 1. The van der Waals surface area contributed by atoms with Gasteiger partial charge in [-0.2, -0.15) is 13.2 Å². The van der Waals surface area contributed by atoms with Gasteiger partial charge in [0.25, 0.3) is 0 Å². The minimum absolute atomic E-state index is 0.746. The van der Waals surface area contributed by atoms with Gasteiger partial charge in [0.05, 0.1) is 6.42 Å². The summed E-state index contributed by atoms with van der Waals surface area (Å²) < 4.78 is 36.2. The molecule has 0 saturated carbocycles. The van der Waals surface area contributed by atoms with Crippen LogP contribution >= 0.6 is 0 Å². The highest BCUT2D eigenvalue weighted by Crippen LogP contribution is 2.20. The largest absolute Gasteiger partial charge is 0.392 e. The van der Waals surface area contributed by atoms with Gasteiger partial charge in [0, 0.05) is 25.9 Å². The molecular weight excluding hydrogens is 275 g/mol. The fourth-order valence-electron chi connectivity index (χ4n) is 1.70. The predicted octanol–water partition coefficient (Wildman–Crippen LogP) is 4.93. The smallest absolute Gasteiger partial charge is 0.377 e. The third-order valence-corrected chi connectivity index (χ3v) is 2.92. The van der Waals surface area contributed by atoms with E-state index in [9.17, 15) is 13.2 Å². The van der Waals surface area contributed by atoms with Crippen molar-refractivity contribution >= 4 is 0 Å². The lowest BCUT2D eigenvalue weighted by Crippen LogP contribution is -2.09. The van der Waals surface area contributed by atoms with Crippen molar-refractivity contribution in [3.63, 3.8) is 0 Å². The Kier molecular flexibility index (Phi) is 6.32. The molecule has 0 fully saturated rings. The van der Waals surface area contributed by atoms with Crippen molar-refractivity contribution in [2.45, 2.75) is 25.9 Å². The number of allylic oxidation sites excluding steroid dienone is 8. The van der Waals surface area contributed by atoms with Crippen molar-refractivity contribution < 1.29 is 13.2 Å². The molecule has 1 aliphatic carbocycles. The molecule has 1 rings (SSSR count). The summed E-state index contributed by atoms with van der Waals surface area (Å²) in [6.07, 6.45) is 7.78. The van der Waals surface area contributed by atoms with E-state index in [0.29, 0.717) is 0 Å². The molecule has 0 atom stereocenters. The van der Waals surface area contributed by atoms with Gasteiger partial charge >= 0.3 is 6.18 Å². The van der Waals surface area contributed by atoms with Gasteiger partial charge in [0.1, 0.15) is 0 Å². The number of alkyl halides is 3. The molecule has 0 aliphatic heterocycles. The van der Waals surface area contributed by atoms with Crippen LogP contribution in [0, 0.1) is 0 Å².